The number of rotatable bonds is 15. The fourth-order valence-corrected chi connectivity index (χ4v) is 2.63. The Kier molecular flexibility index (Phi) is 12.6. The van der Waals surface area contributed by atoms with Gasteiger partial charge in [-0.1, -0.05) is 13.8 Å². The lowest BCUT2D eigenvalue weighted by Crippen LogP contribution is -2.56. The van der Waals surface area contributed by atoms with E-state index in [4.69, 9.17) is 17.2 Å². The molecule has 0 bridgehead atoms. The van der Waals surface area contributed by atoms with Crippen molar-refractivity contribution in [1.82, 2.24) is 16.0 Å². The van der Waals surface area contributed by atoms with Gasteiger partial charge in [-0.3, -0.25) is 24.0 Å². The van der Waals surface area contributed by atoms with Crippen LogP contribution in [0.15, 0.2) is 0 Å². The summed E-state index contributed by atoms with van der Waals surface area (Å²) in [5.74, 6) is -4.83. The van der Waals surface area contributed by atoms with Gasteiger partial charge in [0, 0.05) is 12.8 Å². The number of nitrogens with one attached hydrogen (secondary N) is 3. The van der Waals surface area contributed by atoms with E-state index in [1.54, 1.807) is 13.8 Å². The summed E-state index contributed by atoms with van der Waals surface area (Å²) in [6.45, 7) is 4.94. The van der Waals surface area contributed by atoms with Crippen molar-refractivity contribution in [3.8, 4) is 0 Å². The predicted octanol–water partition coefficient (Wildman–Crippen LogP) is -2.55. The van der Waals surface area contributed by atoms with E-state index >= 15 is 0 Å². The third-order valence-corrected chi connectivity index (χ3v) is 4.42. The monoisotopic (exact) mass is 458 g/mol. The molecule has 0 saturated carbocycles. The maximum absolute atomic E-state index is 12.6. The fraction of sp³-hybridized carbons (Fsp3) is 0.684. The highest BCUT2D eigenvalue weighted by Crippen LogP contribution is 2.06. The van der Waals surface area contributed by atoms with Gasteiger partial charge in [0.05, 0.1) is 6.04 Å². The topological polar surface area (TPSA) is 237 Å². The number of aliphatic carboxylic acids is 1. The average Bonchev–Trinajstić information content (AvgIpc) is 2.67. The minimum atomic E-state index is -1.24. The molecule has 13 nitrogen and oxygen atoms in total. The van der Waals surface area contributed by atoms with Crippen molar-refractivity contribution in [3.63, 3.8) is 0 Å². The number of nitrogens with two attached hydrogens (primary N) is 3. The number of carbonyl (C=O) groups is 6. The molecule has 0 aromatic heterocycles. The lowest BCUT2D eigenvalue weighted by atomic mass is 10.0. The van der Waals surface area contributed by atoms with E-state index in [0.29, 0.717) is 0 Å². The summed E-state index contributed by atoms with van der Waals surface area (Å²) in [6, 6.07) is -4.63. The van der Waals surface area contributed by atoms with Crippen LogP contribution in [0.1, 0.15) is 52.9 Å². The van der Waals surface area contributed by atoms with Gasteiger partial charge in [-0.15, -0.1) is 0 Å². The summed E-state index contributed by atoms with van der Waals surface area (Å²) in [6.07, 6.45) is -0.371. The third kappa shape index (κ3) is 11.8. The third-order valence-electron chi connectivity index (χ3n) is 4.42. The van der Waals surface area contributed by atoms with Crippen LogP contribution in [0.2, 0.25) is 0 Å². The smallest absolute Gasteiger partial charge is 0.326 e. The zero-order chi connectivity index (χ0) is 25.0. The van der Waals surface area contributed by atoms with Crippen molar-refractivity contribution < 1.29 is 33.9 Å². The molecule has 10 N–H and O–H groups in total. The van der Waals surface area contributed by atoms with Gasteiger partial charge in [-0.05, 0) is 32.1 Å². The molecule has 4 atom stereocenters. The van der Waals surface area contributed by atoms with Crippen molar-refractivity contribution in [2.24, 2.45) is 23.1 Å². The van der Waals surface area contributed by atoms with Crippen LogP contribution in [-0.4, -0.2) is 64.8 Å². The molecule has 0 spiro atoms. The van der Waals surface area contributed by atoms with Gasteiger partial charge < -0.3 is 38.3 Å². The Bertz CT molecular complexity index is 712. The van der Waals surface area contributed by atoms with Crippen LogP contribution in [0, 0.1) is 5.92 Å². The molecule has 0 saturated heterocycles. The van der Waals surface area contributed by atoms with Crippen molar-refractivity contribution in [1.29, 1.82) is 0 Å². The Labute approximate surface area is 186 Å². The maximum Gasteiger partial charge on any atom is 0.326 e. The zero-order valence-corrected chi connectivity index (χ0v) is 18.6. The van der Waals surface area contributed by atoms with E-state index in [-0.39, 0.29) is 38.0 Å². The predicted molar refractivity (Wildman–Crippen MR) is 113 cm³/mol. The number of hydrogen-bond acceptors (Lipinski definition) is 7. The second-order valence-corrected chi connectivity index (χ2v) is 7.94. The summed E-state index contributed by atoms with van der Waals surface area (Å²) >= 11 is 0. The summed E-state index contributed by atoms with van der Waals surface area (Å²) in [5.41, 5.74) is 15.8. The first-order valence-corrected chi connectivity index (χ1v) is 10.2. The Hall–Kier alpha value is -3.22. The van der Waals surface area contributed by atoms with Crippen molar-refractivity contribution in [2.45, 2.75) is 77.0 Å². The molecule has 0 aliphatic rings. The lowest BCUT2D eigenvalue weighted by molar-refractivity contribution is -0.142. The van der Waals surface area contributed by atoms with Gasteiger partial charge in [0.1, 0.15) is 18.1 Å². The van der Waals surface area contributed by atoms with E-state index in [1.807, 2.05) is 0 Å². The maximum atomic E-state index is 12.6. The normalized spacial score (nSPS) is 14.5. The quantitative estimate of drug-likeness (QED) is 0.137. The van der Waals surface area contributed by atoms with E-state index < -0.39 is 59.7 Å². The molecule has 32 heavy (non-hydrogen) atoms. The average molecular weight is 459 g/mol. The Balaban J connectivity index is 5.12. The van der Waals surface area contributed by atoms with Gasteiger partial charge in [0.2, 0.25) is 29.5 Å². The second-order valence-electron chi connectivity index (χ2n) is 7.94. The van der Waals surface area contributed by atoms with Crippen LogP contribution in [0.3, 0.4) is 0 Å². The van der Waals surface area contributed by atoms with Crippen LogP contribution in [-0.2, 0) is 28.8 Å². The molecule has 0 aromatic rings. The van der Waals surface area contributed by atoms with Gasteiger partial charge in [-0.25, -0.2) is 4.79 Å². The number of carbonyl (C=O) groups excluding carboxylic acids is 5. The molecule has 0 rings (SSSR count). The highest BCUT2D eigenvalue weighted by molar-refractivity contribution is 5.94. The van der Waals surface area contributed by atoms with E-state index in [1.165, 1.54) is 6.92 Å². The molecule has 13 heteroatoms. The van der Waals surface area contributed by atoms with Crippen LogP contribution < -0.4 is 33.2 Å². The summed E-state index contributed by atoms with van der Waals surface area (Å²) in [5, 5.41) is 16.3. The second kappa shape index (κ2) is 14.0. The number of amides is 5. The number of hydrogen-bond donors (Lipinski definition) is 7. The standard InChI is InChI=1S/C19H34N6O7/c1-9(2)8-13(19(31)32)25-16(28)10(3)23-18(30)12(5-7-15(22)27)24-17(29)11(20)4-6-14(21)26/h9-13H,4-8,20H2,1-3H3,(H2,21,26)(H2,22,27)(H,23,30)(H,24,29)(H,25,28)(H,31,32). The minimum absolute atomic E-state index is 0.00784. The van der Waals surface area contributed by atoms with Crippen LogP contribution >= 0.6 is 0 Å². The Morgan fingerprint density at radius 3 is 1.72 bits per heavy atom. The van der Waals surface area contributed by atoms with E-state index in [2.05, 4.69) is 16.0 Å². The molecule has 182 valence electrons. The summed E-state index contributed by atoms with van der Waals surface area (Å²) in [4.78, 5) is 70.4. The van der Waals surface area contributed by atoms with E-state index in [9.17, 15) is 33.9 Å². The van der Waals surface area contributed by atoms with Gasteiger partial charge >= 0.3 is 5.97 Å². The molecule has 4 unspecified atom stereocenters. The summed E-state index contributed by atoms with van der Waals surface area (Å²) in [7, 11) is 0. The molecule has 0 heterocycles. The number of carboxylic acid groups (broad SMARTS) is 1. The minimum Gasteiger partial charge on any atom is -0.480 e. The Morgan fingerprint density at radius 1 is 0.750 bits per heavy atom. The lowest BCUT2D eigenvalue weighted by Gasteiger charge is -2.23. The van der Waals surface area contributed by atoms with Gasteiger partial charge in [0.15, 0.2) is 0 Å². The molecule has 0 aliphatic heterocycles. The Morgan fingerprint density at radius 2 is 1.25 bits per heavy atom. The highest BCUT2D eigenvalue weighted by Gasteiger charge is 2.28. The van der Waals surface area contributed by atoms with Gasteiger partial charge in [0.25, 0.3) is 0 Å². The van der Waals surface area contributed by atoms with Crippen molar-refractivity contribution >= 4 is 35.5 Å². The molecule has 0 fully saturated rings. The molecule has 0 aliphatic carbocycles. The first-order valence-electron chi connectivity index (χ1n) is 10.2. The van der Waals surface area contributed by atoms with Crippen molar-refractivity contribution in [2.75, 3.05) is 0 Å². The van der Waals surface area contributed by atoms with Crippen LogP contribution in [0.4, 0.5) is 0 Å². The summed E-state index contributed by atoms with van der Waals surface area (Å²) < 4.78 is 0. The van der Waals surface area contributed by atoms with Crippen LogP contribution in [0.25, 0.3) is 0 Å². The van der Waals surface area contributed by atoms with Gasteiger partial charge in [-0.2, -0.15) is 0 Å². The first-order chi connectivity index (χ1) is 14.7. The van der Waals surface area contributed by atoms with Crippen LogP contribution in [0.5, 0.6) is 0 Å². The largest absolute Gasteiger partial charge is 0.480 e. The highest BCUT2D eigenvalue weighted by atomic mass is 16.4. The SMILES string of the molecule is CC(C)CC(NC(=O)C(C)NC(=O)C(CCC(N)=O)NC(=O)C(N)CCC(N)=O)C(=O)O. The van der Waals surface area contributed by atoms with Crippen molar-refractivity contribution in [3.05, 3.63) is 0 Å². The first kappa shape index (κ1) is 28.8. The fourth-order valence-electron chi connectivity index (χ4n) is 2.63. The van der Waals surface area contributed by atoms with E-state index in [0.717, 1.165) is 0 Å². The molecular weight excluding hydrogens is 424 g/mol. The molecule has 5 amide bonds. The number of carboxylic acids is 1. The molecule has 0 radical (unpaired) electrons. The molecular formula is C19H34N6O7. The molecule has 0 aromatic carbocycles. The zero-order valence-electron chi connectivity index (χ0n) is 18.6. The number of primary amides is 2.